The first-order chi connectivity index (χ1) is 8.49. The number of nitrogens with two attached hydrogens (primary N) is 1. The molecule has 0 spiro atoms. The van der Waals surface area contributed by atoms with Crippen LogP contribution in [0.15, 0.2) is 18.2 Å². The Labute approximate surface area is 129 Å². The molecule has 2 unspecified atom stereocenters. The molecule has 1 saturated heterocycles. The van der Waals surface area contributed by atoms with Gasteiger partial charge in [-0.15, -0.1) is 12.4 Å². The first kappa shape index (κ1) is 16.6. The fourth-order valence-electron chi connectivity index (χ4n) is 2.16. The number of hydrogen-bond acceptors (Lipinski definition) is 2. The molecule has 1 heterocycles. The standard InChI is InChI=1S/C13H16Cl2N2O.ClH/c1-8-7-17(5-4-12(8)16)13(18)9-2-3-10(14)11(15)6-9;/h2-3,6,8,12H,4-5,7,16H2,1H3;1H. The number of rotatable bonds is 1. The molecule has 6 heteroatoms. The van der Waals surface area contributed by atoms with Crippen molar-refractivity contribution in [3.63, 3.8) is 0 Å². The number of nitrogens with zero attached hydrogens (tertiary/aromatic N) is 1. The van der Waals surface area contributed by atoms with E-state index in [-0.39, 0.29) is 24.4 Å². The van der Waals surface area contributed by atoms with Gasteiger partial charge in [0.25, 0.3) is 5.91 Å². The summed E-state index contributed by atoms with van der Waals surface area (Å²) in [4.78, 5) is 14.1. The fourth-order valence-corrected chi connectivity index (χ4v) is 2.46. The van der Waals surface area contributed by atoms with Crippen LogP contribution in [0.3, 0.4) is 0 Å². The quantitative estimate of drug-likeness (QED) is 0.862. The van der Waals surface area contributed by atoms with Gasteiger partial charge in [0.05, 0.1) is 10.0 Å². The zero-order valence-corrected chi connectivity index (χ0v) is 12.9. The van der Waals surface area contributed by atoms with Crippen molar-refractivity contribution in [2.75, 3.05) is 13.1 Å². The van der Waals surface area contributed by atoms with E-state index >= 15 is 0 Å². The first-order valence-corrected chi connectivity index (χ1v) is 6.74. The van der Waals surface area contributed by atoms with Crippen molar-refractivity contribution >= 4 is 41.5 Å². The molecular weight excluding hydrogens is 307 g/mol. The second-order valence-electron chi connectivity index (χ2n) is 4.81. The molecule has 0 saturated carbocycles. The number of piperidine rings is 1. The Morgan fingerprint density at radius 3 is 2.63 bits per heavy atom. The number of hydrogen-bond donors (Lipinski definition) is 1. The van der Waals surface area contributed by atoms with E-state index in [1.54, 1.807) is 18.2 Å². The molecular formula is C13H17Cl3N2O. The van der Waals surface area contributed by atoms with Crippen LogP contribution in [0, 0.1) is 5.92 Å². The van der Waals surface area contributed by atoms with Crippen molar-refractivity contribution < 1.29 is 4.79 Å². The average Bonchev–Trinajstić information content (AvgIpc) is 2.35. The van der Waals surface area contributed by atoms with Crippen LogP contribution in [-0.4, -0.2) is 29.9 Å². The Morgan fingerprint density at radius 2 is 2.05 bits per heavy atom. The van der Waals surface area contributed by atoms with E-state index in [1.165, 1.54) is 0 Å². The summed E-state index contributed by atoms with van der Waals surface area (Å²) in [6, 6.07) is 5.15. The summed E-state index contributed by atoms with van der Waals surface area (Å²) in [7, 11) is 0. The molecule has 2 atom stereocenters. The normalized spacial score (nSPS) is 22.8. The van der Waals surface area contributed by atoms with Crippen molar-refractivity contribution in [2.24, 2.45) is 11.7 Å². The molecule has 3 nitrogen and oxygen atoms in total. The predicted octanol–water partition coefficient (Wildman–Crippen LogP) is 3.22. The van der Waals surface area contributed by atoms with Crippen LogP contribution < -0.4 is 5.73 Å². The van der Waals surface area contributed by atoms with Crippen LogP contribution in [-0.2, 0) is 0 Å². The van der Waals surface area contributed by atoms with Gasteiger partial charge in [-0.25, -0.2) is 0 Å². The third kappa shape index (κ3) is 3.76. The van der Waals surface area contributed by atoms with Crippen molar-refractivity contribution in [2.45, 2.75) is 19.4 Å². The van der Waals surface area contributed by atoms with Gasteiger partial charge in [-0.2, -0.15) is 0 Å². The van der Waals surface area contributed by atoms with Crippen molar-refractivity contribution in [1.82, 2.24) is 4.90 Å². The highest BCUT2D eigenvalue weighted by Crippen LogP contribution is 2.24. The first-order valence-electron chi connectivity index (χ1n) is 5.99. The lowest BCUT2D eigenvalue weighted by molar-refractivity contribution is 0.0664. The van der Waals surface area contributed by atoms with Crippen LogP contribution in [0.2, 0.25) is 10.0 Å². The van der Waals surface area contributed by atoms with Crippen LogP contribution in [0.4, 0.5) is 0 Å². The summed E-state index contributed by atoms with van der Waals surface area (Å²) in [6.45, 7) is 3.46. The predicted molar refractivity (Wildman–Crippen MR) is 81.4 cm³/mol. The maximum atomic E-state index is 12.3. The summed E-state index contributed by atoms with van der Waals surface area (Å²) >= 11 is 11.8. The number of likely N-dealkylation sites (tertiary alicyclic amines) is 1. The SMILES string of the molecule is CC1CN(C(=O)c2ccc(Cl)c(Cl)c2)CCC1N.Cl. The Morgan fingerprint density at radius 1 is 1.37 bits per heavy atom. The zero-order chi connectivity index (χ0) is 13.3. The highest BCUT2D eigenvalue weighted by molar-refractivity contribution is 6.42. The third-order valence-corrected chi connectivity index (χ3v) is 4.16. The molecule has 0 aliphatic carbocycles. The van der Waals surface area contributed by atoms with Gasteiger partial charge in [0, 0.05) is 24.7 Å². The molecule has 19 heavy (non-hydrogen) atoms. The van der Waals surface area contributed by atoms with Crippen molar-refractivity contribution in [3.05, 3.63) is 33.8 Å². The van der Waals surface area contributed by atoms with E-state index in [0.717, 1.165) is 6.42 Å². The summed E-state index contributed by atoms with van der Waals surface area (Å²) in [5.74, 6) is 0.317. The molecule has 2 N–H and O–H groups in total. The zero-order valence-electron chi connectivity index (χ0n) is 10.6. The second kappa shape index (κ2) is 6.80. The molecule has 1 aromatic carbocycles. The lowest BCUT2D eigenvalue weighted by atomic mass is 9.94. The summed E-state index contributed by atoms with van der Waals surface area (Å²) in [5.41, 5.74) is 6.52. The molecule has 1 amide bonds. The van der Waals surface area contributed by atoms with Gasteiger partial charge in [-0.1, -0.05) is 30.1 Å². The molecule has 1 aromatic rings. The highest BCUT2D eigenvalue weighted by Gasteiger charge is 2.26. The average molecular weight is 324 g/mol. The molecule has 106 valence electrons. The molecule has 1 aliphatic rings. The molecule has 0 radical (unpaired) electrons. The number of amides is 1. The largest absolute Gasteiger partial charge is 0.338 e. The molecule has 0 bridgehead atoms. The van der Waals surface area contributed by atoms with Crippen LogP contribution in [0.5, 0.6) is 0 Å². The molecule has 1 aliphatic heterocycles. The Hall–Kier alpha value is -0.480. The van der Waals surface area contributed by atoms with Gasteiger partial charge < -0.3 is 10.6 Å². The number of halogens is 3. The van der Waals surface area contributed by atoms with E-state index in [1.807, 2.05) is 4.90 Å². The van der Waals surface area contributed by atoms with Gasteiger partial charge >= 0.3 is 0 Å². The van der Waals surface area contributed by atoms with Gasteiger partial charge in [0.2, 0.25) is 0 Å². The lowest BCUT2D eigenvalue weighted by Crippen LogP contribution is -2.48. The van der Waals surface area contributed by atoms with Crippen LogP contribution in [0.25, 0.3) is 0 Å². The Kier molecular flexibility index (Phi) is 5.93. The molecule has 1 fully saturated rings. The topological polar surface area (TPSA) is 46.3 Å². The van der Waals surface area contributed by atoms with Crippen LogP contribution in [0.1, 0.15) is 23.7 Å². The Balaban J connectivity index is 0.00000180. The maximum Gasteiger partial charge on any atom is 0.253 e. The summed E-state index contributed by atoms with van der Waals surface area (Å²) in [5, 5.41) is 0.867. The van der Waals surface area contributed by atoms with E-state index in [4.69, 9.17) is 28.9 Å². The minimum atomic E-state index is -0.00711. The highest BCUT2D eigenvalue weighted by atomic mass is 35.5. The van der Waals surface area contributed by atoms with E-state index < -0.39 is 0 Å². The monoisotopic (exact) mass is 322 g/mol. The van der Waals surface area contributed by atoms with Gasteiger partial charge in [0.15, 0.2) is 0 Å². The van der Waals surface area contributed by atoms with Gasteiger partial charge in [-0.3, -0.25) is 4.79 Å². The molecule has 2 rings (SSSR count). The molecule has 0 aromatic heterocycles. The van der Waals surface area contributed by atoms with E-state index in [9.17, 15) is 4.79 Å². The number of carbonyl (C=O) groups excluding carboxylic acids is 1. The van der Waals surface area contributed by atoms with E-state index in [0.29, 0.717) is 34.6 Å². The summed E-state index contributed by atoms with van der Waals surface area (Å²) in [6.07, 6.45) is 0.841. The number of benzene rings is 1. The Bertz CT molecular complexity index is 467. The minimum Gasteiger partial charge on any atom is -0.338 e. The fraction of sp³-hybridized carbons (Fsp3) is 0.462. The van der Waals surface area contributed by atoms with Crippen LogP contribution >= 0.6 is 35.6 Å². The van der Waals surface area contributed by atoms with Gasteiger partial charge in [0.1, 0.15) is 0 Å². The maximum absolute atomic E-state index is 12.3. The van der Waals surface area contributed by atoms with Gasteiger partial charge in [-0.05, 0) is 30.5 Å². The smallest absolute Gasteiger partial charge is 0.253 e. The second-order valence-corrected chi connectivity index (χ2v) is 5.62. The van der Waals surface area contributed by atoms with Crippen molar-refractivity contribution in [1.29, 1.82) is 0 Å². The summed E-state index contributed by atoms with van der Waals surface area (Å²) < 4.78 is 0. The number of carbonyl (C=O) groups is 1. The minimum absolute atomic E-state index is 0. The van der Waals surface area contributed by atoms with E-state index in [2.05, 4.69) is 6.92 Å². The van der Waals surface area contributed by atoms with Crippen molar-refractivity contribution in [3.8, 4) is 0 Å². The lowest BCUT2D eigenvalue weighted by Gasteiger charge is -2.35. The third-order valence-electron chi connectivity index (χ3n) is 3.43.